The van der Waals surface area contributed by atoms with Crippen molar-refractivity contribution < 1.29 is 22.7 Å². The molecule has 0 spiro atoms. The van der Waals surface area contributed by atoms with Gasteiger partial charge in [0.05, 0.1) is 5.69 Å². The molecule has 8 nitrogen and oxygen atoms in total. The summed E-state index contributed by atoms with van der Waals surface area (Å²) < 4.78 is 45.9. The number of ether oxygens (including phenoxy) is 1. The van der Waals surface area contributed by atoms with Crippen LogP contribution >= 0.6 is 0 Å². The molecule has 0 unspecified atom stereocenters. The summed E-state index contributed by atoms with van der Waals surface area (Å²) in [5.41, 5.74) is 0.650. The number of amides is 1. The van der Waals surface area contributed by atoms with E-state index in [1.807, 2.05) is 34.6 Å². The van der Waals surface area contributed by atoms with Crippen LogP contribution in [0.1, 0.15) is 58.8 Å². The summed E-state index contributed by atoms with van der Waals surface area (Å²) in [7, 11) is 0. The lowest BCUT2D eigenvalue weighted by molar-refractivity contribution is -0.141. The minimum Gasteiger partial charge on any atom is -0.444 e. The quantitative estimate of drug-likeness (QED) is 0.461. The molecule has 38 heavy (non-hydrogen) atoms. The predicted octanol–water partition coefficient (Wildman–Crippen LogP) is 5.77. The number of nitrogens with one attached hydrogen (secondary N) is 1. The number of aromatic nitrogens is 3. The maximum atomic E-state index is 13.5. The minimum absolute atomic E-state index is 0.0567. The summed E-state index contributed by atoms with van der Waals surface area (Å²) in [5.74, 6) is -0.0567. The zero-order valence-corrected chi connectivity index (χ0v) is 22.7. The molecule has 1 aliphatic heterocycles. The highest BCUT2D eigenvalue weighted by atomic mass is 19.4. The Labute approximate surface area is 222 Å². The molecule has 0 saturated carbocycles. The second kappa shape index (κ2) is 12.0. The van der Waals surface area contributed by atoms with Crippen LogP contribution in [-0.4, -0.2) is 68.7 Å². The lowest BCUT2D eigenvalue weighted by Gasteiger charge is -2.37. The number of pyridine rings is 1. The van der Waals surface area contributed by atoms with Crippen molar-refractivity contribution in [2.24, 2.45) is 0 Å². The van der Waals surface area contributed by atoms with Crippen LogP contribution in [0.5, 0.6) is 0 Å². The van der Waals surface area contributed by atoms with E-state index >= 15 is 0 Å². The van der Waals surface area contributed by atoms with Gasteiger partial charge < -0.3 is 19.9 Å². The van der Waals surface area contributed by atoms with Gasteiger partial charge in [-0.1, -0.05) is 19.9 Å². The highest BCUT2D eigenvalue weighted by Crippen LogP contribution is 2.31. The van der Waals surface area contributed by atoms with Gasteiger partial charge in [0.2, 0.25) is 5.95 Å². The van der Waals surface area contributed by atoms with E-state index in [4.69, 9.17) is 4.74 Å². The van der Waals surface area contributed by atoms with Gasteiger partial charge in [-0.25, -0.2) is 14.8 Å². The Morgan fingerprint density at radius 2 is 1.79 bits per heavy atom. The normalized spacial score (nSPS) is 15.3. The SMILES string of the molecule is C=C(Cc1ccc(-c2cc(C(F)(F)F)nc(N[C@@H](C)CCC)n2)cn1)N1CCN(C(=O)OC(C)(C)C)CC1. The molecule has 0 aliphatic carbocycles. The Balaban J connectivity index is 1.65. The van der Waals surface area contributed by atoms with Crippen LogP contribution in [0.4, 0.5) is 23.9 Å². The van der Waals surface area contributed by atoms with Crippen molar-refractivity contribution in [3.63, 3.8) is 0 Å². The fourth-order valence-electron chi connectivity index (χ4n) is 4.06. The molecule has 1 atom stereocenters. The molecule has 0 radical (unpaired) electrons. The van der Waals surface area contributed by atoms with Crippen LogP contribution in [0, 0.1) is 0 Å². The van der Waals surface area contributed by atoms with Crippen molar-refractivity contribution in [2.75, 3.05) is 31.5 Å². The van der Waals surface area contributed by atoms with Crippen molar-refractivity contribution in [3.8, 4) is 11.3 Å². The van der Waals surface area contributed by atoms with Gasteiger partial charge in [-0.3, -0.25) is 4.98 Å². The van der Waals surface area contributed by atoms with Crippen molar-refractivity contribution in [2.45, 2.75) is 71.7 Å². The Hall–Kier alpha value is -3.37. The van der Waals surface area contributed by atoms with E-state index in [-0.39, 0.29) is 23.8 Å². The molecule has 0 bridgehead atoms. The second-order valence-corrected chi connectivity index (χ2v) is 10.5. The molecule has 1 amide bonds. The van der Waals surface area contributed by atoms with Gasteiger partial charge in [-0.05, 0) is 52.3 Å². The fraction of sp³-hybridized carbons (Fsp3) is 0.556. The fourth-order valence-corrected chi connectivity index (χ4v) is 4.06. The van der Waals surface area contributed by atoms with Crippen LogP contribution < -0.4 is 5.32 Å². The number of alkyl halides is 3. The predicted molar refractivity (Wildman–Crippen MR) is 140 cm³/mol. The number of anilines is 1. The first-order chi connectivity index (χ1) is 17.7. The molecule has 3 rings (SSSR count). The highest BCUT2D eigenvalue weighted by Gasteiger charge is 2.34. The average molecular weight is 535 g/mol. The summed E-state index contributed by atoms with van der Waals surface area (Å²) in [6.45, 7) is 15.9. The van der Waals surface area contributed by atoms with E-state index in [0.717, 1.165) is 30.3 Å². The van der Waals surface area contributed by atoms with Gasteiger partial charge in [0.15, 0.2) is 5.69 Å². The molecule has 11 heteroatoms. The lowest BCUT2D eigenvalue weighted by Crippen LogP contribution is -2.49. The molecule has 2 aromatic heterocycles. The minimum atomic E-state index is -4.60. The van der Waals surface area contributed by atoms with Crippen LogP contribution in [0.3, 0.4) is 0 Å². The molecule has 208 valence electrons. The third-order valence-electron chi connectivity index (χ3n) is 6.00. The number of hydrogen-bond donors (Lipinski definition) is 1. The summed E-state index contributed by atoms with van der Waals surface area (Å²) in [5, 5.41) is 2.97. The van der Waals surface area contributed by atoms with E-state index in [9.17, 15) is 18.0 Å². The average Bonchev–Trinajstić information content (AvgIpc) is 2.83. The number of carbonyl (C=O) groups is 1. The number of nitrogens with zero attached hydrogens (tertiary/aromatic N) is 5. The molecule has 3 heterocycles. The number of hydrogen-bond acceptors (Lipinski definition) is 7. The molecular formula is C27H37F3N6O2. The summed E-state index contributed by atoms with van der Waals surface area (Å²) in [6, 6.07) is 4.35. The van der Waals surface area contributed by atoms with Gasteiger partial charge >= 0.3 is 12.3 Å². The van der Waals surface area contributed by atoms with Gasteiger partial charge in [-0.15, -0.1) is 0 Å². The zero-order valence-electron chi connectivity index (χ0n) is 22.7. The number of rotatable bonds is 8. The Morgan fingerprint density at radius 1 is 1.13 bits per heavy atom. The zero-order chi connectivity index (χ0) is 28.1. The number of carbonyl (C=O) groups excluding carboxylic acids is 1. The molecule has 1 aliphatic rings. The molecule has 2 aromatic rings. The van der Waals surface area contributed by atoms with Gasteiger partial charge in [0.1, 0.15) is 5.60 Å². The largest absolute Gasteiger partial charge is 0.444 e. The van der Waals surface area contributed by atoms with E-state index in [2.05, 4.69) is 31.7 Å². The third kappa shape index (κ3) is 8.32. The van der Waals surface area contributed by atoms with Crippen LogP contribution in [0.2, 0.25) is 0 Å². The van der Waals surface area contributed by atoms with E-state index in [1.165, 1.54) is 6.20 Å². The maximum Gasteiger partial charge on any atom is 0.433 e. The Bertz CT molecular complexity index is 1110. The summed E-state index contributed by atoms with van der Waals surface area (Å²) >= 11 is 0. The first kappa shape index (κ1) is 29.2. The highest BCUT2D eigenvalue weighted by molar-refractivity contribution is 5.68. The number of allylic oxidation sites excluding steroid dienone is 1. The van der Waals surface area contributed by atoms with Crippen LogP contribution in [-0.2, 0) is 17.3 Å². The van der Waals surface area contributed by atoms with E-state index < -0.39 is 17.5 Å². The molecule has 0 aromatic carbocycles. The smallest absolute Gasteiger partial charge is 0.433 e. The Kier molecular flexibility index (Phi) is 9.22. The molecule has 1 saturated heterocycles. The third-order valence-corrected chi connectivity index (χ3v) is 6.00. The van der Waals surface area contributed by atoms with E-state index in [0.29, 0.717) is 38.2 Å². The topological polar surface area (TPSA) is 83.5 Å². The molecule has 1 fully saturated rings. The monoisotopic (exact) mass is 534 g/mol. The molecule has 1 N–H and O–H groups in total. The van der Waals surface area contributed by atoms with Crippen molar-refractivity contribution in [3.05, 3.63) is 48.1 Å². The number of piperazine rings is 1. The first-order valence-electron chi connectivity index (χ1n) is 12.8. The van der Waals surface area contributed by atoms with Gasteiger partial charge in [0.25, 0.3) is 0 Å². The lowest BCUT2D eigenvalue weighted by atomic mass is 10.1. The Morgan fingerprint density at radius 3 is 2.34 bits per heavy atom. The second-order valence-electron chi connectivity index (χ2n) is 10.5. The van der Waals surface area contributed by atoms with Crippen molar-refractivity contribution >= 4 is 12.0 Å². The van der Waals surface area contributed by atoms with Crippen molar-refractivity contribution in [1.82, 2.24) is 24.8 Å². The van der Waals surface area contributed by atoms with Crippen molar-refractivity contribution in [1.29, 1.82) is 0 Å². The van der Waals surface area contributed by atoms with E-state index in [1.54, 1.807) is 17.0 Å². The first-order valence-corrected chi connectivity index (χ1v) is 12.8. The van der Waals surface area contributed by atoms with Crippen LogP contribution in [0.15, 0.2) is 36.7 Å². The number of halogens is 3. The summed E-state index contributed by atoms with van der Waals surface area (Å²) in [6.07, 6.45) is -1.25. The van der Waals surface area contributed by atoms with Gasteiger partial charge in [0, 0.05) is 61.8 Å². The maximum absolute atomic E-state index is 13.5. The van der Waals surface area contributed by atoms with Crippen LogP contribution in [0.25, 0.3) is 11.3 Å². The standard InChI is InChI=1S/C27H37F3N6O2/c1-7-8-18(2)32-24-33-22(16-23(34-24)27(28,29)30)20-9-10-21(31-17-20)15-19(3)35-11-13-36(14-12-35)25(37)38-26(4,5)6/h9-10,16-18H,3,7-8,11-15H2,1-2,4-6H3,(H,32,33,34)/t18-/m0/s1. The van der Waals surface area contributed by atoms with Gasteiger partial charge in [-0.2, -0.15) is 13.2 Å². The molecular weight excluding hydrogens is 497 g/mol. The summed E-state index contributed by atoms with van der Waals surface area (Å²) in [4.78, 5) is 28.5.